The number of nitrogens with zero attached hydrogens (tertiary/aromatic N) is 2. The Morgan fingerprint density at radius 1 is 1.28 bits per heavy atom. The molecule has 7 heteroatoms. The lowest BCUT2D eigenvalue weighted by Gasteiger charge is -2.16. The highest BCUT2D eigenvalue weighted by Crippen LogP contribution is 2.09. The van der Waals surface area contributed by atoms with Crippen molar-refractivity contribution in [1.82, 2.24) is 15.5 Å². The predicted molar refractivity (Wildman–Crippen MR) is 98.2 cm³/mol. The van der Waals surface area contributed by atoms with Gasteiger partial charge < -0.3 is 21.3 Å². The van der Waals surface area contributed by atoms with Crippen LogP contribution in [-0.2, 0) is 11.3 Å². The number of primary amides is 1. The monoisotopic (exact) mass is 345 g/mol. The van der Waals surface area contributed by atoms with Gasteiger partial charge in [-0.25, -0.2) is 4.99 Å². The van der Waals surface area contributed by atoms with Gasteiger partial charge in [-0.05, 0) is 37.5 Å². The number of likely N-dealkylation sites (tertiary alicyclic amines) is 1. The van der Waals surface area contributed by atoms with Crippen molar-refractivity contribution in [3.63, 3.8) is 0 Å². The maximum absolute atomic E-state index is 11.6. The summed E-state index contributed by atoms with van der Waals surface area (Å²) in [7, 11) is 0. The molecular formula is C18H27N5O2. The van der Waals surface area contributed by atoms with E-state index in [1.807, 2.05) is 24.0 Å². The number of amides is 2. The van der Waals surface area contributed by atoms with Gasteiger partial charge in [-0.15, -0.1) is 0 Å². The third kappa shape index (κ3) is 6.10. The van der Waals surface area contributed by atoms with Crippen LogP contribution in [0, 0.1) is 0 Å². The molecule has 0 aromatic heterocycles. The zero-order chi connectivity index (χ0) is 18.1. The van der Waals surface area contributed by atoms with Crippen LogP contribution in [0.15, 0.2) is 29.3 Å². The quantitative estimate of drug-likeness (QED) is 0.369. The number of carbonyl (C=O) groups is 2. The van der Waals surface area contributed by atoms with E-state index in [0.29, 0.717) is 18.5 Å². The summed E-state index contributed by atoms with van der Waals surface area (Å²) >= 11 is 0. The van der Waals surface area contributed by atoms with Gasteiger partial charge in [0, 0.05) is 38.2 Å². The van der Waals surface area contributed by atoms with Gasteiger partial charge in [-0.3, -0.25) is 9.59 Å². The number of nitrogens with two attached hydrogens (primary N) is 1. The van der Waals surface area contributed by atoms with E-state index >= 15 is 0 Å². The number of hydrogen-bond donors (Lipinski definition) is 3. The van der Waals surface area contributed by atoms with Crippen LogP contribution in [0.2, 0.25) is 0 Å². The van der Waals surface area contributed by atoms with E-state index in [1.54, 1.807) is 12.1 Å². The first kappa shape index (κ1) is 18.8. The molecule has 1 heterocycles. The Balaban J connectivity index is 1.79. The van der Waals surface area contributed by atoms with Gasteiger partial charge in [-0.2, -0.15) is 0 Å². The summed E-state index contributed by atoms with van der Waals surface area (Å²) in [5, 5.41) is 6.49. The first-order valence-corrected chi connectivity index (χ1v) is 8.79. The lowest BCUT2D eigenvalue weighted by atomic mass is 10.1. The van der Waals surface area contributed by atoms with Gasteiger partial charge >= 0.3 is 0 Å². The molecule has 1 aromatic rings. The van der Waals surface area contributed by atoms with Crippen molar-refractivity contribution < 1.29 is 9.59 Å². The van der Waals surface area contributed by atoms with E-state index in [-0.39, 0.29) is 5.91 Å². The van der Waals surface area contributed by atoms with Crippen LogP contribution in [0.1, 0.15) is 42.1 Å². The van der Waals surface area contributed by atoms with Crippen molar-refractivity contribution in [1.29, 1.82) is 0 Å². The largest absolute Gasteiger partial charge is 0.366 e. The van der Waals surface area contributed by atoms with E-state index < -0.39 is 5.91 Å². The smallest absolute Gasteiger partial charge is 0.248 e. The van der Waals surface area contributed by atoms with Crippen LogP contribution in [0.5, 0.6) is 0 Å². The molecule has 25 heavy (non-hydrogen) atoms. The summed E-state index contributed by atoms with van der Waals surface area (Å²) in [6.07, 6.45) is 2.56. The Kier molecular flexibility index (Phi) is 7.25. The Bertz CT molecular complexity index is 612. The van der Waals surface area contributed by atoms with Crippen molar-refractivity contribution >= 4 is 17.8 Å². The van der Waals surface area contributed by atoms with Crippen LogP contribution in [-0.4, -0.2) is 48.9 Å². The first-order valence-electron chi connectivity index (χ1n) is 8.79. The third-order valence-electron chi connectivity index (χ3n) is 4.07. The van der Waals surface area contributed by atoms with Gasteiger partial charge in [0.2, 0.25) is 11.8 Å². The zero-order valence-corrected chi connectivity index (χ0v) is 14.8. The molecule has 0 bridgehead atoms. The minimum Gasteiger partial charge on any atom is -0.366 e. The molecule has 1 saturated heterocycles. The molecule has 7 nitrogen and oxygen atoms in total. The lowest BCUT2D eigenvalue weighted by Crippen LogP contribution is -2.39. The molecule has 2 rings (SSSR count). The molecule has 0 unspecified atom stereocenters. The standard InChI is InChI=1S/C18H27N5O2/c1-2-20-18(21-10-4-12-23-11-3-5-16(23)24)22-13-14-6-8-15(9-7-14)17(19)25/h6-9H,2-5,10-13H2,1H3,(H2,19,25)(H2,20,21,22). The Morgan fingerprint density at radius 2 is 2.04 bits per heavy atom. The second-order valence-corrected chi connectivity index (χ2v) is 6.02. The van der Waals surface area contributed by atoms with Crippen LogP contribution >= 0.6 is 0 Å². The number of hydrogen-bond acceptors (Lipinski definition) is 3. The molecule has 0 atom stereocenters. The van der Waals surface area contributed by atoms with E-state index in [0.717, 1.165) is 50.5 Å². The fourth-order valence-electron chi connectivity index (χ4n) is 2.70. The summed E-state index contributed by atoms with van der Waals surface area (Å²) < 4.78 is 0. The highest BCUT2D eigenvalue weighted by Gasteiger charge is 2.18. The molecule has 1 fully saturated rings. The molecule has 4 N–H and O–H groups in total. The van der Waals surface area contributed by atoms with Crippen LogP contribution in [0.3, 0.4) is 0 Å². The topological polar surface area (TPSA) is 99.8 Å². The van der Waals surface area contributed by atoms with Crippen molar-refractivity contribution in [2.45, 2.75) is 32.7 Å². The molecule has 136 valence electrons. The number of aliphatic imine (C=N–C) groups is 1. The van der Waals surface area contributed by atoms with Crippen LogP contribution < -0.4 is 16.4 Å². The lowest BCUT2D eigenvalue weighted by molar-refractivity contribution is -0.127. The van der Waals surface area contributed by atoms with Crippen molar-refractivity contribution in [3.8, 4) is 0 Å². The van der Waals surface area contributed by atoms with Gasteiger partial charge in [-0.1, -0.05) is 12.1 Å². The summed E-state index contributed by atoms with van der Waals surface area (Å²) in [5.41, 5.74) is 6.74. The summed E-state index contributed by atoms with van der Waals surface area (Å²) in [6.45, 7) is 5.74. The SMILES string of the molecule is CCNC(=NCc1ccc(C(N)=O)cc1)NCCCN1CCCC1=O. The average molecular weight is 345 g/mol. The van der Waals surface area contributed by atoms with Gasteiger partial charge in [0.1, 0.15) is 0 Å². The molecule has 0 spiro atoms. The predicted octanol–water partition coefficient (Wildman–Crippen LogP) is 0.853. The normalized spacial score (nSPS) is 14.7. The third-order valence-corrected chi connectivity index (χ3v) is 4.07. The summed E-state index contributed by atoms with van der Waals surface area (Å²) in [4.78, 5) is 29.1. The van der Waals surface area contributed by atoms with Crippen LogP contribution in [0.25, 0.3) is 0 Å². The second-order valence-electron chi connectivity index (χ2n) is 6.02. The first-order chi connectivity index (χ1) is 12.1. The molecule has 2 amide bonds. The molecule has 0 radical (unpaired) electrons. The van der Waals surface area contributed by atoms with E-state index in [1.165, 1.54) is 0 Å². The van der Waals surface area contributed by atoms with Gasteiger partial charge in [0.05, 0.1) is 6.54 Å². The van der Waals surface area contributed by atoms with E-state index in [4.69, 9.17) is 5.73 Å². The minimum atomic E-state index is -0.429. The number of carbonyl (C=O) groups excluding carboxylic acids is 2. The summed E-state index contributed by atoms with van der Waals surface area (Å²) in [5.74, 6) is 0.579. The molecule has 1 aromatic carbocycles. The maximum Gasteiger partial charge on any atom is 0.248 e. The highest BCUT2D eigenvalue weighted by molar-refractivity contribution is 5.92. The van der Waals surface area contributed by atoms with Gasteiger partial charge in [0.15, 0.2) is 5.96 Å². The van der Waals surface area contributed by atoms with E-state index in [2.05, 4.69) is 15.6 Å². The number of rotatable bonds is 8. The minimum absolute atomic E-state index is 0.264. The highest BCUT2D eigenvalue weighted by atomic mass is 16.2. The fourth-order valence-corrected chi connectivity index (χ4v) is 2.70. The Hall–Kier alpha value is -2.57. The molecule has 0 saturated carbocycles. The summed E-state index contributed by atoms with van der Waals surface area (Å²) in [6, 6.07) is 7.12. The average Bonchev–Trinajstić information content (AvgIpc) is 3.01. The Morgan fingerprint density at radius 3 is 2.64 bits per heavy atom. The number of benzene rings is 1. The van der Waals surface area contributed by atoms with Crippen molar-refractivity contribution in [2.75, 3.05) is 26.2 Å². The fraction of sp³-hybridized carbons (Fsp3) is 0.500. The molecular weight excluding hydrogens is 318 g/mol. The van der Waals surface area contributed by atoms with Gasteiger partial charge in [0.25, 0.3) is 0 Å². The van der Waals surface area contributed by atoms with Crippen molar-refractivity contribution in [3.05, 3.63) is 35.4 Å². The Labute approximate surface area is 148 Å². The van der Waals surface area contributed by atoms with Crippen molar-refractivity contribution in [2.24, 2.45) is 10.7 Å². The maximum atomic E-state index is 11.6. The van der Waals surface area contributed by atoms with E-state index in [9.17, 15) is 9.59 Å². The second kappa shape index (κ2) is 9.66. The zero-order valence-electron chi connectivity index (χ0n) is 14.8. The molecule has 0 aliphatic carbocycles. The molecule has 1 aliphatic rings. The number of guanidine groups is 1. The molecule has 1 aliphatic heterocycles. The number of nitrogens with one attached hydrogen (secondary N) is 2. The van der Waals surface area contributed by atoms with Crippen LogP contribution in [0.4, 0.5) is 0 Å².